The molecule has 0 atom stereocenters. The summed E-state index contributed by atoms with van der Waals surface area (Å²) in [7, 11) is 5.63. The molecule has 1 saturated carbocycles. The number of hydrogen-bond acceptors (Lipinski definition) is 0. The summed E-state index contributed by atoms with van der Waals surface area (Å²) in [5.74, 6) is 0.536. The van der Waals surface area contributed by atoms with Crippen LogP contribution in [0.4, 0.5) is 13.2 Å². The van der Waals surface area contributed by atoms with Crippen LogP contribution in [0, 0.1) is 0 Å². The fraction of sp³-hybridized carbons (Fsp3) is 0.538. The predicted octanol–water partition coefficient (Wildman–Crippen LogP) is 4.61. The number of alkyl halides is 3. The van der Waals surface area contributed by atoms with Gasteiger partial charge in [0.2, 0.25) is 0 Å². The smallest absolute Gasteiger partial charge is 0.166 e. The average molecular weight is 240 g/mol. The Bertz CT molecular complexity index is 302. The number of hydrogen-bond donors (Lipinski definition) is 0. The van der Waals surface area contributed by atoms with E-state index in [4.69, 9.17) is 7.85 Å². The molecule has 1 aliphatic carbocycles. The van der Waals surface area contributed by atoms with Crippen molar-refractivity contribution < 1.29 is 13.2 Å². The van der Waals surface area contributed by atoms with Crippen molar-refractivity contribution in [3.8, 4) is 0 Å². The van der Waals surface area contributed by atoms with Gasteiger partial charge in [0, 0.05) is 0 Å². The van der Waals surface area contributed by atoms with E-state index in [0.717, 1.165) is 12.1 Å². The second-order valence-corrected chi connectivity index (χ2v) is 4.26. The first kappa shape index (κ1) is 14.1. The summed E-state index contributed by atoms with van der Waals surface area (Å²) < 4.78 is 35.4. The first-order valence-corrected chi connectivity index (χ1v) is 5.88. The van der Waals surface area contributed by atoms with Crippen LogP contribution < -0.4 is 0 Å². The van der Waals surface area contributed by atoms with E-state index in [1.54, 1.807) is 6.07 Å². The van der Waals surface area contributed by atoms with Gasteiger partial charge in [-0.1, -0.05) is 68.3 Å². The van der Waals surface area contributed by atoms with E-state index in [0.29, 0.717) is 5.82 Å². The number of rotatable bonds is 0. The Balaban J connectivity index is 0.000000181. The van der Waals surface area contributed by atoms with Crippen LogP contribution in [0.2, 0.25) is 5.82 Å². The van der Waals surface area contributed by atoms with Crippen molar-refractivity contribution in [2.75, 3.05) is 0 Å². The lowest BCUT2D eigenvalue weighted by atomic mass is 9.76. The zero-order valence-corrected chi connectivity index (χ0v) is 9.71. The summed E-state index contributed by atoms with van der Waals surface area (Å²) in [6.07, 6.45) is 2.46. The van der Waals surface area contributed by atoms with Crippen molar-refractivity contribution in [2.24, 2.45) is 0 Å². The Kier molecular flexibility index (Phi) is 5.59. The molecule has 1 aromatic rings. The van der Waals surface area contributed by atoms with Gasteiger partial charge in [0.25, 0.3) is 0 Å². The molecule has 92 valence electrons. The Labute approximate surface area is 102 Å². The second kappa shape index (κ2) is 6.72. The summed E-state index contributed by atoms with van der Waals surface area (Å²) in [5.41, 5.74) is -0.602. The third-order valence-electron chi connectivity index (χ3n) is 2.75. The van der Waals surface area contributed by atoms with Crippen molar-refractivity contribution in [1.82, 2.24) is 0 Å². The molecule has 0 spiro atoms. The Morgan fingerprint density at radius 2 is 1.47 bits per heavy atom. The van der Waals surface area contributed by atoms with E-state index in [-0.39, 0.29) is 0 Å². The average Bonchev–Trinajstić information content (AvgIpc) is 2.31. The fourth-order valence-corrected chi connectivity index (χ4v) is 1.76. The monoisotopic (exact) mass is 240 g/mol. The molecule has 0 N–H and O–H groups in total. The molecule has 0 aromatic heterocycles. The van der Waals surface area contributed by atoms with Crippen LogP contribution in [0.15, 0.2) is 30.3 Å². The lowest BCUT2D eigenvalue weighted by Gasteiger charge is -2.15. The minimum Gasteiger partial charge on any atom is -0.166 e. The molecule has 1 fully saturated rings. The van der Waals surface area contributed by atoms with Crippen LogP contribution in [0.5, 0.6) is 0 Å². The molecule has 0 amide bonds. The summed E-state index contributed by atoms with van der Waals surface area (Å²) in [5, 5.41) is 0. The molecule has 1 aromatic carbocycles. The van der Waals surface area contributed by atoms with Gasteiger partial charge in [0.1, 0.15) is 0 Å². The summed E-state index contributed by atoms with van der Waals surface area (Å²) in [6.45, 7) is 0. The third kappa shape index (κ3) is 5.80. The van der Waals surface area contributed by atoms with Crippen molar-refractivity contribution in [2.45, 2.75) is 44.1 Å². The highest BCUT2D eigenvalue weighted by Crippen LogP contribution is 2.28. The van der Waals surface area contributed by atoms with Crippen molar-refractivity contribution in [3.63, 3.8) is 0 Å². The van der Waals surface area contributed by atoms with Gasteiger partial charge in [-0.25, -0.2) is 0 Å². The van der Waals surface area contributed by atoms with Crippen LogP contribution in [0.1, 0.15) is 37.7 Å². The minimum atomic E-state index is -4.21. The van der Waals surface area contributed by atoms with Gasteiger partial charge in [0.15, 0.2) is 0 Å². The van der Waals surface area contributed by atoms with Gasteiger partial charge in [0.05, 0.1) is 13.4 Å². The van der Waals surface area contributed by atoms with Crippen molar-refractivity contribution >= 4 is 7.85 Å². The fourth-order valence-electron chi connectivity index (χ4n) is 1.76. The molecule has 17 heavy (non-hydrogen) atoms. The van der Waals surface area contributed by atoms with Gasteiger partial charge < -0.3 is 0 Å². The highest BCUT2D eigenvalue weighted by atomic mass is 19.4. The zero-order valence-electron chi connectivity index (χ0n) is 9.71. The summed E-state index contributed by atoms with van der Waals surface area (Å²) in [4.78, 5) is 0. The molecule has 0 bridgehead atoms. The van der Waals surface area contributed by atoms with Gasteiger partial charge in [-0.2, -0.15) is 13.2 Å². The van der Waals surface area contributed by atoms with E-state index in [1.165, 1.54) is 44.2 Å². The van der Waals surface area contributed by atoms with Crippen molar-refractivity contribution in [1.29, 1.82) is 0 Å². The molecule has 2 rings (SSSR count). The van der Waals surface area contributed by atoms with Gasteiger partial charge >= 0.3 is 6.18 Å². The van der Waals surface area contributed by atoms with E-state index in [9.17, 15) is 13.2 Å². The number of halogens is 3. The maximum Gasteiger partial charge on any atom is 0.416 e. The Morgan fingerprint density at radius 3 is 1.76 bits per heavy atom. The van der Waals surface area contributed by atoms with Gasteiger partial charge in [-0.05, 0) is 0 Å². The SMILES string of the molecule is FC(F)(F)c1ccccc1.[B]C1CCCCC1. The minimum absolute atomic E-state index is 0.536. The van der Waals surface area contributed by atoms with E-state index in [2.05, 4.69) is 0 Å². The zero-order chi connectivity index (χ0) is 12.7. The Morgan fingerprint density at radius 1 is 0.941 bits per heavy atom. The van der Waals surface area contributed by atoms with E-state index < -0.39 is 11.7 Å². The molecule has 1 aliphatic rings. The topological polar surface area (TPSA) is 0 Å². The molecular formula is C13H16BF3. The summed E-state index contributed by atoms with van der Waals surface area (Å²) >= 11 is 0. The second-order valence-electron chi connectivity index (χ2n) is 4.26. The lowest BCUT2D eigenvalue weighted by molar-refractivity contribution is -0.137. The third-order valence-corrected chi connectivity index (χ3v) is 2.75. The Hall–Kier alpha value is -0.925. The molecular weight excluding hydrogens is 224 g/mol. The first-order valence-electron chi connectivity index (χ1n) is 5.88. The van der Waals surface area contributed by atoms with Crippen LogP contribution in [-0.2, 0) is 6.18 Å². The standard InChI is InChI=1S/C7H5F3.C6H11B/c8-7(9,10)6-4-2-1-3-5-6;7-6-4-2-1-3-5-6/h1-5H;6H,1-5H2. The largest absolute Gasteiger partial charge is 0.416 e. The predicted molar refractivity (Wildman–Crippen MR) is 64.0 cm³/mol. The molecule has 0 saturated heterocycles. The summed E-state index contributed by atoms with van der Waals surface area (Å²) in [6, 6.07) is 6.36. The van der Waals surface area contributed by atoms with Crippen LogP contribution in [0.25, 0.3) is 0 Å². The molecule has 2 radical (unpaired) electrons. The maximum atomic E-state index is 11.8. The maximum absolute atomic E-state index is 11.8. The highest BCUT2D eigenvalue weighted by molar-refractivity contribution is 6.11. The molecule has 0 heterocycles. The molecule has 0 nitrogen and oxygen atoms in total. The normalized spacial score (nSPS) is 17.1. The molecule has 0 aliphatic heterocycles. The first-order chi connectivity index (χ1) is 8.00. The quantitative estimate of drug-likeness (QED) is 0.580. The van der Waals surface area contributed by atoms with Crippen molar-refractivity contribution in [3.05, 3.63) is 35.9 Å². The number of benzene rings is 1. The van der Waals surface area contributed by atoms with Crippen LogP contribution in [0.3, 0.4) is 0 Å². The van der Waals surface area contributed by atoms with E-state index in [1.807, 2.05) is 0 Å². The van der Waals surface area contributed by atoms with Gasteiger partial charge in [-0.15, -0.1) is 0 Å². The lowest BCUT2D eigenvalue weighted by Crippen LogP contribution is -2.03. The van der Waals surface area contributed by atoms with Crippen LogP contribution in [-0.4, -0.2) is 7.85 Å². The van der Waals surface area contributed by atoms with Crippen LogP contribution >= 0.6 is 0 Å². The van der Waals surface area contributed by atoms with E-state index >= 15 is 0 Å². The molecule has 4 heteroatoms. The molecule has 0 unspecified atom stereocenters. The van der Waals surface area contributed by atoms with Gasteiger partial charge in [-0.3, -0.25) is 0 Å². The highest BCUT2D eigenvalue weighted by Gasteiger charge is 2.29.